The third kappa shape index (κ3) is 2.45. The van der Waals surface area contributed by atoms with E-state index in [4.69, 9.17) is 0 Å². The topological polar surface area (TPSA) is 15.3 Å². The molecule has 0 spiro atoms. The van der Waals surface area contributed by atoms with Gasteiger partial charge in [0, 0.05) is 18.6 Å². The third-order valence-corrected chi connectivity index (χ3v) is 3.70. The molecular weight excluding hydrogens is 179 g/mol. The van der Waals surface area contributed by atoms with Crippen molar-refractivity contribution < 1.29 is 4.39 Å². The molecule has 82 valence electrons. The highest BCUT2D eigenvalue weighted by Crippen LogP contribution is 2.24. The number of nitrogens with zero attached hydrogens (tertiary/aromatic N) is 1. The first-order valence-electron chi connectivity index (χ1n) is 5.83. The molecular formula is C11H21FN2. The molecule has 2 atom stereocenters. The molecule has 14 heavy (non-hydrogen) atoms. The summed E-state index contributed by atoms with van der Waals surface area (Å²) in [5, 5.41) is 3.24. The summed E-state index contributed by atoms with van der Waals surface area (Å²) in [7, 11) is 2.20. The van der Waals surface area contributed by atoms with Crippen molar-refractivity contribution in [3.05, 3.63) is 0 Å². The summed E-state index contributed by atoms with van der Waals surface area (Å²) in [5.74, 6) is 0. The van der Waals surface area contributed by atoms with Crippen molar-refractivity contribution in [1.82, 2.24) is 10.2 Å². The molecule has 2 fully saturated rings. The Hall–Kier alpha value is -0.150. The van der Waals surface area contributed by atoms with E-state index in [1.54, 1.807) is 0 Å². The van der Waals surface area contributed by atoms with Crippen molar-refractivity contribution in [2.75, 3.05) is 20.1 Å². The van der Waals surface area contributed by atoms with E-state index in [2.05, 4.69) is 17.3 Å². The standard InChI is InChI=1S/C11H21FN2/c1-14(11-3-2-4-11)6-5-10-7-9(12)8-13-10/h9-11,13H,2-8H2,1H3. The second-order valence-electron chi connectivity index (χ2n) is 4.79. The van der Waals surface area contributed by atoms with Crippen LogP contribution in [0.15, 0.2) is 0 Å². The van der Waals surface area contributed by atoms with Gasteiger partial charge < -0.3 is 10.2 Å². The van der Waals surface area contributed by atoms with Crippen LogP contribution < -0.4 is 5.32 Å². The second kappa shape index (κ2) is 4.58. The summed E-state index contributed by atoms with van der Waals surface area (Å²) < 4.78 is 12.9. The molecule has 2 nitrogen and oxygen atoms in total. The zero-order valence-corrected chi connectivity index (χ0v) is 9.01. The van der Waals surface area contributed by atoms with Crippen LogP contribution >= 0.6 is 0 Å². The number of rotatable bonds is 4. The molecule has 0 aromatic heterocycles. The lowest BCUT2D eigenvalue weighted by atomic mass is 9.91. The number of hydrogen-bond donors (Lipinski definition) is 1. The Morgan fingerprint density at radius 3 is 2.71 bits per heavy atom. The molecule has 1 aliphatic heterocycles. The Morgan fingerprint density at radius 2 is 2.21 bits per heavy atom. The molecule has 0 radical (unpaired) electrons. The van der Waals surface area contributed by atoms with Gasteiger partial charge in [0.15, 0.2) is 0 Å². The van der Waals surface area contributed by atoms with Gasteiger partial charge >= 0.3 is 0 Å². The Labute approximate surface area is 85.9 Å². The summed E-state index contributed by atoms with van der Waals surface area (Å²) in [6, 6.07) is 1.24. The molecule has 3 heteroatoms. The van der Waals surface area contributed by atoms with E-state index in [-0.39, 0.29) is 0 Å². The molecule has 2 rings (SSSR count). The lowest BCUT2D eigenvalue weighted by Crippen LogP contribution is -2.39. The Morgan fingerprint density at radius 1 is 1.43 bits per heavy atom. The van der Waals surface area contributed by atoms with E-state index < -0.39 is 6.17 Å². The number of halogens is 1. The summed E-state index contributed by atoms with van der Waals surface area (Å²) in [6.07, 6.45) is 5.34. The molecule has 0 aromatic carbocycles. The van der Waals surface area contributed by atoms with Crippen LogP contribution in [0, 0.1) is 0 Å². The van der Waals surface area contributed by atoms with Gasteiger partial charge in [-0.2, -0.15) is 0 Å². The van der Waals surface area contributed by atoms with Crippen LogP contribution in [0.25, 0.3) is 0 Å². The summed E-state index contributed by atoms with van der Waals surface area (Å²) >= 11 is 0. The SMILES string of the molecule is CN(CCC1CC(F)CN1)C1CCC1. The predicted molar refractivity (Wildman–Crippen MR) is 56.2 cm³/mol. The van der Waals surface area contributed by atoms with E-state index in [1.807, 2.05) is 0 Å². The Balaban J connectivity index is 1.61. The fourth-order valence-electron chi connectivity index (χ4n) is 2.36. The largest absolute Gasteiger partial charge is 0.311 e. The quantitative estimate of drug-likeness (QED) is 0.741. The van der Waals surface area contributed by atoms with Crippen molar-refractivity contribution in [3.63, 3.8) is 0 Å². The van der Waals surface area contributed by atoms with Crippen LogP contribution in [0.2, 0.25) is 0 Å². The Bertz CT molecular complexity index is 180. The molecule has 1 N–H and O–H groups in total. The summed E-state index contributed by atoms with van der Waals surface area (Å²) in [4.78, 5) is 2.44. The van der Waals surface area contributed by atoms with Gasteiger partial charge in [-0.25, -0.2) is 4.39 Å². The van der Waals surface area contributed by atoms with Gasteiger partial charge in [0.25, 0.3) is 0 Å². The predicted octanol–water partition coefficient (Wildman–Crippen LogP) is 1.56. The summed E-state index contributed by atoms with van der Waals surface area (Å²) in [5.41, 5.74) is 0. The fraction of sp³-hybridized carbons (Fsp3) is 1.00. The summed E-state index contributed by atoms with van der Waals surface area (Å²) in [6.45, 7) is 1.69. The molecule has 1 saturated carbocycles. The van der Waals surface area contributed by atoms with Crippen LogP contribution in [-0.2, 0) is 0 Å². The number of alkyl halides is 1. The van der Waals surface area contributed by atoms with Gasteiger partial charge in [0.1, 0.15) is 6.17 Å². The molecule has 0 amide bonds. The highest BCUT2D eigenvalue weighted by atomic mass is 19.1. The van der Waals surface area contributed by atoms with E-state index in [1.165, 1.54) is 19.3 Å². The molecule has 1 heterocycles. The van der Waals surface area contributed by atoms with Crippen LogP contribution in [0.3, 0.4) is 0 Å². The molecule has 0 bridgehead atoms. The second-order valence-corrected chi connectivity index (χ2v) is 4.79. The lowest BCUT2D eigenvalue weighted by molar-refractivity contribution is 0.154. The zero-order valence-electron chi connectivity index (χ0n) is 9.01. The molecule has 2 aliphatic rings. The monoisotopic (exact) mass is 200 g/mol. The third-order valence-electron chi connectivity index (χ3n) is 3.70. The zero-order chi connectivity index (χ0) is 9.97. The Kier molecular flexibility index (Phi) is 3.39. The van der Waals surface area contributed by atoms with Crippen molar-refractivity contribution in [2.45, 2.75) is 50.4 Å². The van der Waals surface area contributed by atoms with Crippen molar-refractivity contribution >= 4 is 0 Å². The van der Waals surface area contributed by atoms with E-state index >= 15 is 0 Å². The van der Waals surface area contributed by atoms with E-state index in [0.717, 1.165) is 25.4 Å². The van der Waals surface area contributed by atoms with Gasteiger partial charge in [-0.1, -0.05) is 6.42 Å². The molecule has 2 unspecified atom stereocenters. The van der Waals surface area contributed by atoms with Gasteiger partial charge in [-0.15, -0.1) is 0 Å². The smallest absolute Gasteiger partial charge is 0.114 e. The average Bonchev–Trinajstić information content (AvgIpc) is 2.45. The maximum atomic E-state index is 12.9. The van der Waals surface area contributed by atoms with E-state index in [9.17, 15) is 4.39 Å². The van der Waals surface area contributed by atoms with Gasteiger partial charge in [0.05, 0.1) is 0 Å². The van der Waals surface area contributed by atoms with Gasteiger partial charge in [0.2, 0.25) is 0 Å². The van der Waals surface area contributed by atoms with E-state index in [0.29, 0.717) is 12.6 Å². The highest BCUT2D eigenvalue weighted by Gasteiger charge is 2.26. The van der Waals surface area contributed by atoms with Gasteiger partial charge in [-0.3, -0.25) is 0 Å². The molecule has 0 aromatic rings. The highest BCUT2D eigenvalue weighted by molar-refractivity contribution is 4.84. The average molecular weight is 200 g/mol. The minimum Gasteiger partial charge on any atom is -0.311 e. The first-order valence-corrected chi connectivity index (χ1v) is 5.83. The molecule has 1 saturated heterocycles. The maximum absolute atomic E-state index is 12.9. The lowest BCUT2D eigenvalue weighted by Gasteiger charge is -2.35. The molecule has 1 aliphatic carbocycles. The van der Waals surface area contributed by atoms with Crippen molar-refractivity contribution in [3.8, 4) is 0 Å². The first-order chi connectivity index (χ1) is 6.75. The van der Waals surface area contributed by atoms with Crippen LogP contribution in [0.5, 0.6) is 0 Å². The fourth-order valence-corrected chi connectivity index (χ4v) is 2.36. The van der Waals surface area contributed by atoms with Gasteiger partial charge in [-0.05, 0) is 39.3 Å². The van der Waals surface area contributed by atoms with Crippen LogP contribution in [-0.4, -0.2) is 43.3 Å². The minimum atomic E-state index is -0.603. The number of nitrogens with one attached hydrogen (secondary N) is 1. The van der Waals surface area contributed by atoms with Crippen molar-refractivity contribution in [1.29, 1.82) is 0 Å². The minimum absolute atomic E-state index is 0.424. The number of hydrogen-bond acceptors (Lipinski definition) is 2. The van der Waals surface area contributed by atoms with Crippen LogP contribution in [0.4, 0.5) is 4.39 Å². The normalized spacial score (nSPS) is 33.6. The first kappa shape index (κ1) is 10.4. The maximum Gasteiger partial charge on any atom is 0.114 e. The van der Waals surface area contributed by atoms with Crippen LogP contribution in [0.1, 0.15) is 32.1 Å². The van der Waals surface area contributed by atoms with Crippen molar-refractivity contribution in [2.24, 2.45) is 0 Å².